The summed E-state index contributed by atoms with van der Waals surface area (Å²) in [6, 6.07) is 10.4. The van der Waals surface area contributed by atoms with Crippen LogP contribution in [-0.2, 0) is 6.42 Å². The van der Waals surface area contributed by atoms with Gasteiger partial charge in [0, 0.05) is 12.6 Å². The number of hydrazine groups is 2. The van der Waals surface area contributed by atoms with Gasteiger partial charge in [-0.2, -0.15) is 0 Å². The molecule has 1 aliphatic heterocycles. The molecule has 0 bridgehead atoms. The molecule has 1 aliphatic rings. The van der Waals surface area contributed by atoms with E-state index in [0.29, 0.717) is 0 Å². The Morgan fingerprint density at radius 2 is 2.00 bits per heavy atom. The highest BCUT2D eigenvalue weighted by molar-refractivity contribution is 14.1. The lowest BCUT2D eigenvalue weighted by Crippen LogP contribution is -2.30. The van der Waals surface area contributed by atoms with Crippen LogP contribution in [0.25, 0.3) is 0 Å². The van der Waals surface area contributed by atoms with Gasteiger partial charge >= 0.3 is 0 Å². The normalized spacial score (nSPS) is 15.5. The molecule has 0 aliphatic carbocycles. The third-order valence-corrected chi connectivity index (χ3v) is 2.35. The molecule has 0 aromatic heterocycles. The fourth-order valence-corrected chi connectivity index (χ4v) is 1.69. The van der Waals surface area contributed by atoms with E-state index < -0.39 is 0 Å². The number of benzene rings is 1. The van der Waals surface area contributed by atoms with Crippen molar-refractivity contribution in [3.63, 3.8) is 0 Å². The third-order valence-electron chi connectivity index (χ3n) is 1.83. The number of nitrogens with zero attached hydrogens (tertiary/aromatic N) is 1. The summed E-state index contributed by atoms with van der Waals surface area (Å²) in [5, 5.41) is 0. The van der Waals surface area contributed by atoms with E-state index in [9.17, 15) is 0 Å². The van der Waals surface area contributed by atoms with Crippen molar-refractivity contribution in [1.29, 1.82) is 0 Å². The maximum absolute atomic E-state index is 3.08. The third kappa shape index (κ3) is 2.35. The van der Waals surface area contributed by atoms with Crippen molar-refractivity contribution >= 4 is 22.9 Å². The van der Waals surface area contributed by atoms with Gasteiger partial charge in [-0.05, 0) is 5.56 Å². The van der Waals surface area contributed by atoms with E-state index in [1.54, 1.807) is 0 Å². The van der Waals surface area contributed by atoms with Crippen molar-refractivity contribution in [2.45, 2.75) is 6.42 Å². The van der Waals surface area contributed by atoms with Crippen LogP contribution in [0.1, 0.15) is 5.56 Å². The predicted molar refractivity (Wildman–Crippen MR) is 60.4 cm³/mol. The van der Waals surface area contributed by atoms with Gasteiger partial charge in [-0.15, -0.1) is 5.53 Å². The minimum atomic E-state index is 0.938. The zero-order chi connectivity index (χ0) is 9.10. The monoisotopic (exact) mass is 287 g/mol. The highest BCUT2D eigenvalue weighted by Gasteiger charge is 2.07. The van der Waals surface area contributed by atoms with E-state index in [4.69, 9.17) is 0 Å². The fourth-order valence-electron chi connectivity index (χ4n) is 1.23. The Labute approximate surface area is 91.2 Å². The van der Waals surface area contributed by atoms with E-state index in [0.717, 1.165) is 6.42 Å². The molecule has 1 aromatic carbocycles. The Kier molecular flexibility index (Phi) is 2.70. The molecule has 0 unspecified atom stereocenters. The number of halogens is 1. The molecule has 4 heteroatoms. The van der Waals surface area contributed by atoms with Crippen LogP contribution in [0.15, 0.2) is 42.2 Å². The van der Waals surface area contributed by atoms with Gasteiger partial charge in [0.1, 0.15) is 0 Å². The molecule has 0 saturated carbocycles. The van der Waals surface area contributed by atoms with E-state index >= 15 is 0 Å². The molecule has 1 aromatic rings. The lowest BCUT2D eigenvalue weighted by atomic mass is 10.1. The molecule has 2 N–H and O–H groups in total. The summed E-state index contributed by atoms with van der Waals surface area (Å²) in [5.74, 6) is 0. The second kappa shape index (κ2) is 3.97. The molecule has 0 spiro atoms. The standard InChI is InChI=1S/C9H10IN3/c10-13-7-9(11-12-13)6-8-4-2-1-3-5-8/h1-5,7,11-12H,6H2. The minimum absolute atomic E-state index is 0.938. The van der Waals surface area contributed by atoms with Crippen LogP contribution in [0.3, 0.4) is 0 Å². The Hall–Kier alpha value is -0.750. The van der Waals surface area contributed by atoms with Crippen LogP contribution in [0.5, 0.6) is 0 Å². The van der Waals surface area contributed by atoms with Crippen molar-refractivity contribution in [2.75, 3.05) is 0 Å². The molecule has 68 valence electrons. The van der Waals surface area contributed by atoms with Gasteiger partial charge in [-0.25, -0.2) is 3.22 Å². The van der Waals surface area contributed by atoms with E-state index in [1.807, 2.05) is 15.5 Å². The first kappa shape index (κ1) is 8.83. The molecular formula is C9H10IN3. The predicted octanol–water partition coefficient (Wildman–Crippen LogP) is 1.75. The maximum Gasteiger partial charge on any atom is 0.0777 e. The van der Waals surface area contributed by atoms with Gasteiger partial charge in [0.2, 0.25) is 0 Å². The smallest absolute Gasteiger partial charge is 0.0777 e. The van der Waals surface area contributed by atoms with Crippen molar-refractivity contribution in [1.82, 2.24) is 14.2 Å². The molecule has 13 heavy (non-hydrogen) atoms. The van der Waals surface area contributed by atoms with Crippen molar-refractivity contribution in [3.05, 3.63) is 47.8 Å². The number of allylic oxidation sites excluding steroid dienone is 1. The first-order valence-electron chi connectivity index (χ1n) is 4.06. The molecule has 0 atom stereocenters. The van der Waals surface area contributed by atoms with Crippen LogP contribution in [0, 0.1) is 0 Å². The molecule has 1 heterocycles. The number of rotatable bonds is 2. The Balaban J connectivity index is 2.03. The first-order chi connectivity index (χ1) is 6.34. The maximum atomic E-state index is 3.08. The molecule has 0 fully saturated rings. The molecule has 0 saturated heterocycles. The van der Waals surface area contributed by atoms with Crippen LogP contribution in [-0.4, -0.2) is 3.22 Å². The van der Waals surface area contributed by atoms with Crippen molar-refractivity contribution < 1.29 is 0 Å². The molecular weight excluding hydrogens is 277 g/mol. The van der Waals surface area contributed by atoms with Crippen molar-refractivity contribution in [3.8, 4) is 0 Å². The summed E-state index contributed by atoms with van der Waals surface area (Å²) in [6.07, 6.45) is 2.97. The summed E-state index contributed by atoms with van der Waals surface area (Å²) >= 11 is 2.17. The van der Waals surface area contributed by atoms with Crippen LogP contribution >= 0.6 is 22.9 Å². The first-order valence-corrected chi connectivity index (χ1v) is 5.02. The van der Waals surface area contributed by atoms with Gasteiger partial charge in [0.05, 0.1) is 28.6 Å². The number of hydrogen-bond acceptors (Lipinski definition) is 3. The molecule has 2 rings (SSSR count). The number of hydrogen-bond donors (Lipinski definition) is 2. The molecule has 3 nitrogen and oxygen atoms in total. The lowest BCUT2D eigenvalue weighted by molar-refractivity contribution is 0.473. The van der Waals surface area contributed by atoms with Gasteiger partial charge < -0.3 is 5.43 Å². The SMILES string of the molecule is IN1C=C(Cc2ccccc2)NN1. The van der Waals surface area contributed by atoms with Gasteiger partial charge in [0.15, 0.2) is 0 Å². The highest BCUT2D eigenvalue weighted by atomic mass is 127. The number of nitrogens with one attached hydrogen (secondary N) is 2. The summed E-state index contributed by atoms with van der Waals surface area (Å²) in [6.45, 7) is 0. The van der Waals surface area contributed by atoms with E-state index in [1.165, 1.54) is 11.3 Å². The second-order valence-corrected chi connectivity index (χ2v) is 3.90. The Bertz CT molecular complexity index is 310. The summed E-state index contributed by atoms with van der Waals surface area (Å²) in [7, 11) is 0. The summed E-state index contributed by atoms with van der Waals surface area (Å²) in [4.78, 5) is 0. The highest BCUT2D eigenvalue weighted by Crippen LogP contribution is 2.10. The second-order valence-electron chi connectivity index (χ2n) is 2.86. The Morgan fingerprint density at radius 3 is 2.62 bits per heavy atom. The fraction of sp³-hybridized carbons (Fsp3) is 0.111. The van der Waals surface area contributed by atoms with Crippen molar-refractivity contribution in [2.24, 2.45) is 0 Å². The molecule has 0 amide bonds. The topological polar surface area (TPSA) is 27.3 Å². The lowest BCUT2D eigenvalue weighted by Gasteiger charge is -2.03. The minimum Gasteiger partial charge on any atom is -0.305 e. The largest absolute Gasteiger partial charge is 0.305 e. The van der Waals surface area contributed by atoms with Gasteiger partial charge in [-0.1, -0.05) is 30.3 Å². The van der Waals surface area contributed by atoms with E-state index in [-0.39, 0.29) is 0 Å². The summed E-state index contributed by atoms with van der Waals surface area (Å²) in [5.41, 5.74) is 8.55. The molecule has 0 radical (unpaired) electrons. The van der Waals surface area contributed by atoms with Crippen LogP contribution < -0.4 is 11.0 Å². The Morgan fingerprint density at radius 1 is 1.23 bits per heavy atom. The average Bonchev–Trinajstić information content (AvgIpc) is 2.53. The quantitative estimate of drug-likeness (QED) is 0.641. The zero-order valence-corrected chi connectivity index (χ0v) is 9.15. The van der Waals surface area contributed by atoms with Gasteiger partial charge in [0.25, 0.3) is 0 Å². The summed E-state index contributed by atoms with van der Waals surface area (Å²) < 4.78 is 1.87. The zero-order valence-electron chi connectivity index (χ0n) is 7.00. The van der Waals surface area contributed by atoms with E-state index in [2.05, 4.69) is 58.1 Å². The van der Waals surface area contributed by atoms with Crippen LogP contribution in [0.4, 0.5) is 0 Å². The van der Waals surface area contributed by atoms with Crippen LogP contribution in [0.2, 0.25) is 0 Å². The average molecular weight is 287 g/mol. The van der Waals surface area contributed by atoms with Gasteiger partial charge in [-0.3, -0.25) is 0 Å².